The van der Waals surface area contributed by atoms with Crippen molar-refractivity contribution in [2.24, 2.45) is 11.8 Å². The number of amides is 3. The molecule has 1 aromatic carbocycles. The maximum atomic E-state index is 13.0. The van der Waals surface area contributed by atoms with E-state index in [-0.39, 0.29) is 23.7 Å². The average Bonchev–Trinajstić information content (AvgIpc) is 2.79. The number of carbonyl (C=O) groups excluding carboxylic acids is 3. The van der Waals surface area contributed by atoms with Crippen LogP contribution in [-0.2, 0) is 25.5 Å². The van der Waals surface area contributed by atoms with Crippen LogP contribution in [0.1, 0.15) is 58.9 Å². The normalized spacial score (nSPS) is 20.4. The highest BCUT2D eigenvalue weighted by atomic mass is 16.6. The van der Waals surface area contributed by atoms with Crippen molar-refractivity contribution in [2.75, 3.05) is 6.54 Å². The van der Waals surface area contributed by atoms with Crippen molar-refractivity contribution >= 4 is 23.9 Å². The molecule has 0 heterocycles. The standard InChI is InChI=1S/C26H39N3O7/c1-16(30)21(24(33)34)29-22(31)19-12-10-18(11-13-19)15-27-23(32)20(14-17-8-6-5-7-9-17)28-25(35)36-26(2,3)4/h5-9,16,18-21,30H,10-15H2,1-4H3,(H,27,32)(H,28,35)(H,29,31)(H,33,34)/t16?,18?,19?,20-,21-/m0/s1. The monoisotopic (exact) mass is 505 g/mol. The van der Waals surface area contributed by atoms with Crippen molar-refractivity contribution in [1.82, 2.24) is 16.0 Å². The number of aliphatic carboxylic acids is 1. The Bertz CT molecular complexity index is 891. The molecule has 0 aromatic heterocycles. The summed E-state index contributed by atoms with van der Waals surface area (Å²) < 4.78 is 5.32. The molecule has 1 aromatic rings. The van der Waals surface area contributed by atoms with Crippen molar-refractivity contribution < 1.29 is 34.1 Å². The second-order valence-corrected chi connectivity index (χ2v) is 10.4. The largest absolute Gasteiger partial charge is 0.480 e. The van der Waals surface area contributed by atoms with E-state index in [1.54, 1.807) is 20.8 Å². The highest BCUT2D eigenvalue weighted by Gasteiger charge is 2.32. The second-order valence-electron chi connectivity index (χ2n) is 10.4. The number of rotatable bonds is 10. The molecule has 0 aliphatic heterocycles. The Labute approximate surface area is 212 Å². The molecular weight excluding hydrogens is 466 g/mol. The minimum Gasteiger partial charge on any atom is -0.480 e. The van der Waals surface area contributed by atoms with Crippen LogP contribution in [0.2, 0.25) is 0 Å². The summed E-state index contributed by atoms with van der Waals surface area (Å²) in [7, 11) is 0. The van der Waals surface area contributed by atoms with E-state index in [4.69, 9.17) is 9.84 Å². The SMILES string of the molecule is CC(O)[C@H](NC(=O)C1CCC(CNC(=O)[C@H](Cc2ccccc2)NC(=O)OC(C)(C)C)CC1)C(=O)O. The Kier molecular flexibility index (Phi) is 10.7. The molecule has 1 saturated carbocycles. The van der Waals surface area contributed by atoms with Crippen molar-refractivity contribution in [3.05, 3.63) is 35.9 Å². The highest BCUT2D eigenvalue weighted by molar-refractivity contribution is 5.86. The number of carboxylic acids is 1. The van der Waals surface area contributed by atoms with Crippen LogP contribution < -0.4 is 16.0 Å². The first-order valence-corrected chi connectivity index (χ1v) is 12.4. The van der Waals surface area contributed by atoms with Gasteiger partial charge < -0.3 is 30.9 Å². The Morgan fingerprint density at radius 2 is 1.64 bits per heavy atom. The van der Waals surface area contributed by atoms with Crippen LogP contribution in [0.15, 0.2) is 30.3 Å². The third-order valence-electron chi connectivity index (χ3n) is 6.12. The number of carbonyl (C=O) groups is 4. The lowest BCUT2D eigenvalue weighted by Crippen LogP contribution is -2.51. The minimum absolute atomic E-state index is 0.156. The minimum atomic E-state index is -1.34. The van der Waals surface area contributed by atoms with E-state index in [2.05, 4.69) is 16.0 Å². The van der Waals surface area contributed by atoms with Crippen molar-refractivity contribution in [3.8, 4) is 0 Å². The van der Waals surface area contributed by atoms with Gasteiger partial charge in [-0.3, -0.25) is 9.59 Å². The molecule has 1 aliphatic rings. The molecule has 0 radical (unpaired) electrons. The fourth-order valence-corrected chi connectivity index (χ4v) is 4.17. The van der Waals surface area contributed by atoms with Crippen LogP contribution in [-0.4, -0.2) is 64.4 Å². The number of alkyl carbamates (subject to hydrolysis) is 1. The van der Waals surface area contributed by atoms with Gasteiger partial charge in [0.2, 0.25) is 11.8 Å². The van der Waals surface area contributed by atoms with Gasteiger partial charge in [-0.25, -0.2) is 9.59 Å². The number of carboxylic acid groups (broad SMARTS) is 1. The van der Waals surface area contributed by atoms with Gasteiger partial charge in [-0.1, -0.05) is 30.3 Å². The van der Waals surface area contributed by atoms with E-state index >= 15 is 0 Å². The fraction of sp³-hybridized carbons (Fsp3) is 0.615. The third kappa shape index (κ3) is 9.85. The summed E-state index contributed by atoms with van der Waals surface area (Å²) in [5, 5.41) is 26.7. The van der Waals surface area contributed by atoms with Crippen molar-refractivity contribution in [1.29, 1.82) is 0 Å². The molecule has 0 saturated heterocycles. The summed E-state index contributed by atoms with van der Waals surface area (Å²) in [6.45, 7) is 6.98. The predicted octanol–water partition coefficient (Wildman–Crippen LogP) is 2.00. The lowest BCUT2D eigenvalue weighted by Gasteiger charge is -2.29. The fourth-order valence-electron chi connectivity index (χ4n) is 4.17. The Balaban J connectivity index is 1.89. The number of aliphatic hydroxyl groups excluding tert-OH is 1. The molecule has 0 spiro atoms. The van der Waals surface area contributed by atoms with Crippen LogP contribution in [0.5, 0.6) is 0 Å². The van der Waals surface area contributed by atoms with Gasteiger partial charge in [0.25, 0.3) is 0 Å². The van der Waals surface area contributed by atoms with Crippen LogP contribution in [0.4, 0.5) is 4.79 Å². The summed E-state index contributed by atoms with van der Waals surface area (Å²) in [5.41, 5.74) is 0.208. The van der Waals surface area contributed by atoms with Crippen LogP contribution in [0.3, 0.4) is 0 Å². The van der Waals surface area contributed by atoms with Gasteiger partial charge in [-0.2, -0.15) is 0 Å². The topological polar surface area (TPSA) is 154 Å². The van der Waals surface area contributed by atoms with E-state index in [0.29, 0.717) is 38.6 Å². The summed E-state index contributed by atoms with van der Waals surface area (Å²) >= 11 is 0. The number of ether oxygens (including phenoxy) is 1. The lowest BCUT2D eigenvalue weighted by atomic mass is 9.81. The molecule has 3 atom stereocenters. The summed E-state index contributed by atoms with van der Waals surface area (Å²) in [4.78, 5) is 49.0. The second kappa shape index (κ2) is 13.2. The molecule has 1 fully saturated rings. The summed E-state index contributed by atoms with van der Waals surface area (Å²) in [6, 6.07) is 7.23. The van der Waals surface area contributed by atoms with E-state index < -0.39 is 35.9 Å². The van der Waals surface area contributed by atoms with Gasteiger partial charge >= 0.3 is 12.1 Å². The molecule has 2 rings (SSSR count). The van der Waals surface area contributed by atoms with Crippen LogP contribution >= 0.6 is 0 Å². The molecule has 1 unspecified atom stereocenters. The van der Waals surface area contributed by atoms with Gasteiger partial charge in [-0.05, 0) is 64.9 Å². The first-order chi connectivity index (χ1) is 16.9. The molecule has 10 nitrogen and oxygen atoms in total. The van der Waals surface area contributed by atoms with Crippen LogP contribution in [0, 0.1) is 11.8 Å². The summed E-state index contributed by atoms with van der Waals surface area (Å²) in [5.74, 6) is -2.15. The van der Waals surface area contributed by atoms with Gasteiger partial charge in [0.05, 0.1) is 6.10 Å². The van der Waals surface area contributed by atoms with Gasteiger partial charge in [0.15, 0.2) is 6.04 Å². The maximum Gasteiger partial charge on any atom is 0.408 e. The molecule has 0 bridgehead atoms. The van der Waals surface area contributed by atoms with E-state index in [0.717, 1.165) is 5.56 Å². The quantitative estimate of drug-likeness (QED) is 0.326. The van der Waals surface area contributed by atoms with Crippen molar-refractivity contribution in [3.63, 3.8) is 0 Å². The molecular formula is C26H39N3O7. The lowest BCUT2D eigenvalue weighted by molar-refractivity contribution is -0.145. The van der Waals surface area contributed by atoms with E-state index in [9.17, 15) is 24.3 Å². The van der Waals surface area contributed by atoms with Gasteiger partial charge in [0.1, 0.15) is 11.6 Å². The Morgan fingerprint density at radius 3 is 2.17 bits per heavy atom. The maximum absolute atomic E-state index is 13.0. The number of aliphatic hydroxyl groups is 1. The molecule has 200 valence electrons. The smallest absolute Gasteiger partial charge is 0.408 e. The molecule has 10 heteroatoms. The first-order valence-electron chi connectivity index (χ1n) is 12.4. The predicted molar refractivity (Wildman–Crippen MR) is 133 cm³/mol. The number of benzene rings is 1. The summed E-state index contributed by atoms with van der Waals surface area (Å²) in [6.07, 6.45) is 0.941. The average molecular weight is 506 g/mol. The number of hydrogen-bond donors (Lipinski definition) is 5. The molecule has 36 heavy (non-hydrogen) atoms. The Hall–Kier alpha value is -3.14. The third-order valence-corrected chi connectivity index (χ3v) is 6.12. The molecule has 3 amide bonds. The highest BCUT2D eigenvalue weighted by Crippen LogP contribution is 2.28. The van der Waals surface area contributed by atoms with E-state index in [1.807, 2.05) is 30.3 Å². The zero-order valence-electron chi connectivity index (χ0n) is 21.5. The molecule has 5 N–H and O–H groups in total. The molecule has 1 aliphatic carbocycles. The number of hydrogen-bond acceptors (Lipinski definition) is 6. The zero-order valence-corrected chi connectivity index (χ0v) is 21.5. The van der Waals surface area contributed by atoms with Crippen molar-refractivity contribution in [2.45, 2.75) is 83.6 Å². The zero-order chi connectivity index (χ0) is 26.9. The van der Waals surface area contributed by atoms with E-state index in [1.165, 1.54) is 6.92 Å². The van der Waals surface area contributed by atoms with Crippen LogP contribution in [0.25, 0.3) is 0 Å². The Morgan fingerprint density at radius 1 is 1.03 bits per heavy atom. The van der Waals surface area contributed by atoms with Gasteiger partial charge in [-0.15, -0.1) is 0 Å². The number of nitrogens with one attached hydrogen (secondary N) is 3. The van der Waals surface area contributed by atoms with Gasteiger partial charge in [0, 0.05) is 18.9 Å². The first kappa shape index (κ1) is 29.1.